The predicted molar refractivity (Wildman–Crippen MR) is 49.2 cm³/mol. The molecule has 1 aromatic carbocycles. The lowest BCUT2D eigenvalue weighted by molar-refractivity contribution is 1.38. The molecule has 1 N–H and O–H groups in total. The van der Waals surface area contributed by atoms with E-state index in [9.17, 15) is 0 Å². The zero-order valence-electron chi connectivity index (χ0n) is 6.46. The number of benzene rings is 1. The first-order valence-electron chi connectivity index (χ1n) is 3.69. The molecule has 0 aliphatic heterocycles. The van der Waals surface area contributed by atoms with Crippen molar-refractivity contribution in [2.45, 2.75) is 6.42 Å². The van der Waals surface area contributed by atoms with Crippen molar-refractivity contribution < 1.29 is 0 Å². The molecule has 1 heteroatoms. The molecule has 11 heavy (non-hydrogen) atoms. The van der Waals surface area contributed by atoms with E-state index >= 15 is 0 Å². The minimum Gasteiger partial charge on any atom is -0.362 e. The topological polar surface area (TPSA) is 12.0 Å². The van der Waals surface area contributed by atoms with Crippen LogP contribution in [0.5, 0.6) is 0 Å². The highest BCUT2D eigenvalue weighted by molar-refractivity contribution is 5.44. The second kappa shape index (κ2) is 4.56. The number of anilines is 1. The molecule has 57 valence electrons. The van der Waals surface area contributed by atoms with E-state index in [1.807, 2.05) is 42.6 Å². The van der Waals surface area contributed by atoms with Crippen LogP contribution < -0.4 is 5.32 Å². The number of nitrogens with one attached hydrogen (secondary N) is 1. The second-order valence-corrected chi connectivity index (χ2v) is 2.20. The van der Waals surface area contributed by atoms with E-state index in [1.54, 1.807) is 0 Å². The van der Waals surface area contributed by atoms with Gasteiger partial charge in [0.1, 0.15) is 0 Å². The standard InChI is InChI=1S/C10H12N/c1-2-3-9-11-10-7-5-4-6-8-10/h3-9,11H,1-2H2. The number of rotatable bonds is 3. The van der Waals surface area contributed by atoms with Crippen molar-refractivity contribution in [2.24, 2.45) is 0 Å². The quantitative estimate of drug-likeness (QED) is 0.691. The Hall–Kier alpha value is -1.24. The molecule has 0 heterocycles. The van der Waals surface area contributed by atoms with Crippen LogP contribution in [0.3, 0.4) is 0 Å². The summed E-state index contributed by atoms with van der Waals surface area (Å²) in [4.78, 5) is 0. The van der Waals surface area contributed by atoms with E-state index in [0.717, 1.165) is 12.1 Å². The molecule has 0 atom stereocenters. The van der Waals surface area contributed by atoms with Crippen LogP contribution in [0.25, 0.3) is 0 Å². The molecule has 1 radical (unpaired) electrons. The zero-order chi connectivity index (χ0) is 7.94. The third kappa shape index (κ3) is 2.89. The maximum Gasteiger partial charge on any atom is 0.0379 e. The Bertz CT molecular complexity index is 214. The lowest BCUT2D eigenvalue weighted by Gasteiger charge is -1.97. The average Bonchev–Trinajstić information content (AvgIpc) is 2.07. The van der Waals surface area contributed by atoms with E-state index < -0.39 is 0 Å². The van der Waals surface area contributed by atoms with Gasteiger partial charge in [0.2, 0.25) is 0 Å². The summed E-state index contributed by atoms with van der Waals surface area (Å²) in [5.74, 6) is 0. The molecule has 0 saturated heterocycles. The molecule has 0 aromatic heterocycles. The van der Waals surface area contributed by atoms with Crippen LogP contribution in [0.1, 0.15) is 6.42 Å². The Kier molecular flexibility index (Phi) is 3.26. The SMILES string of the molecule is [CH2]CC=CNc1ccccc1. The fourth-order valence-corrected chi connectivity index (χ4v) is 0.773. The summed E-state index contributed by atoms with van der Waals surface area (Å²) in [5.41, 5.74) is 1.11. The Labute approximate surface area is 67.8 Å². The van der Waals surface area contributed by atoms with Gasteiger partial charge >= 0.3 is 0 Å². The monoisotopic (exact) mass is 146 g/mol. The largest absolute Gasteiger partial charge is 0.362 e. The third-order valence-corrected chi connectivity index (χ3v) is 1.31. The van der Waals surface area contributed by atoms with E-state index in [2.05, 4.69) is 12.2 Å². The summed E-state index contributed by atoms with van der Waals surface area (Å²) in [5, 5.41) is 3.12. The highest BCUT2D eigenvalue weighted by Crippen LogP contribution is 2.04. The number of para-hydroxylation sites is 1. The predicted octanol–water partition coefficient (Wildman–Crippen LogP) is 2.84. The van der Waals surface area contributed by atoms with Crippen molar-refractivity contribution in [3.63, 3.8) is 0 Å². The molecule has 0 unspecified atom stereocenters. The average molecular weight is 146 g/mol. The highest BCUT2D eigenvalue weighted by atomic mass is 14.8. The van der Waals surface area contributed by atoms with E-state index in [-0.39, 0.29) is 0 Å². The van der Waals surface area contributed by atoms with Gasteiger partial charge < -0.3 is 5.32 Å². The lowest BCUT2D eigenvalue weighted by Crippen LogP contribution is -1.84. The van der Waals surface area contributed by atoms with Gasteiger partial charge in [-0.15, -0.1) is 0 Å². The maximum absolute atomic E-state index is 3.69. The second-order valence-electron chi connectivity index (χ2n) is 2.20. The van der Waals surface area contributed by atoms with Crippen LogP contribution in [0.2, 0.25) is 0 Å². The summed E-state index contributed by atoms with van der Waals surface area (Å²) in [6, 6.07) is 10.0. The molecule has 0 bridgehead atoms. The molecular weight excluding hydrogens is 134 g/mol. The van der Waals surface area contributed by atoms with Gasteiger partial charge in [-0.1, -0.05) is 24.3 Å². The van der Waals surface area contributed by atoms with Crippen LogP contribution in [0.4, 0.5) is 5.69 Å². The van der Waals surface area contributed by atoms with Gasteiger partial charge in [0.05, 0.1) is 0 Å². The Balaban J connectivity index is 2.45. The van der Waals surface area contributed by atoms with Crippen molar-refractivity contribution in [3.05, 3.63) is 49.5 Å². The Morgan fingerprint density at radius 1 is 1.27 bits per heavy atom. The molecule has 0 saturated carbocycles. The molecule has 0 aliphatic carbocycles. The summed E-state index contributed by atoms with van der Waals surface area (Å²) in [7, 11) is 0. The summed E-state index contributed by atoms with van der Waals surface area (Å²) in [6.45, 7) is 3.69. The van der Waals surface area contributed by atoms with Crippen molar-refractivity contribution in [2.75, 3.05) is 5.32 Å². The molecule has 1 aromatic rings. The molecule has 1 rings (SSSR count). The van der Waals surface area contributed by atoms with Gasteiger partial charge in [-0.05, 0) is 31.7 Å². The first kappa shape index (κ1) is 7.86. The summed E-state index contributed by atoms with van der Waals surface area (Å²) in [6.07, 6.45) is 4.70. The van der Waals surface area contributed by atoms with Crippen molar-refractivity contribution in [1.29, 1.82) is 0 Å². The van der Waals surface area contributed by atoms with Gasteiger partial charge in [-0.3, -0.25) is 0 Å². The van der Waals surface area contributed by atoms with Crippen LogP contribution >= 0.6 is 0 Å². The van der Waals surface area contributed by atoms with Crippen molar-refractivity contribution in [1.82, 2.24) is 0 Å². The minimum absolute atomic E-state index is 0.819. The molecule has 0 amide bonds. The fourth-order valence-electron chi connectivity index (χ4n) is 0.773. The Morgan fingerprint density at radius 3 is 2.64 bits per heavy atom. The van der Waals surface area contributed by atoms with Gasteiger partial charge in [0.15, 0.2) is 0 Å². The van der Waals surface area contributed by atoms with Gasteiger partial charge in [-0.2, -0.15) is 0 Å². The molecule has 0 spiro atoms. The Morgan fingerprint density at radius 2 is 2.00 bits per heavy atom. The van der Waals surface area contributed by atoms with Gasteiger partial charge in [-0.25, -0.2) is 0 Å². The molecular formula is C10H12N. The first-order chi connectivity index (χ1) is 5.43. The fraction of sp³-hybridized carbons (Fsp3) is 0.100. The zero-order valence-corrected chi connectivity index (χ0v) is 6.46. The van der Waals surface area contributed by atoms with Gasteiger partial charge in [0, 0.05) is 5.69 Å². The van der Waals surface area contributed by atoms with Crippen LogP contribution in [-0.2, 0) is 0 Å². The van der Waals surface area contributed by atoms with E-state index in [1.165, 1.54) is 0 Å². The summed E-state index contributed by atoms with van der Waals surface area (Å²) < 4.78 is 0. The van der Waals surface area contributed by atoms with Crippen LogP contribution in [0.15, 0.2) is 42.6 Å². The first-order valence-corrected chi connectivity index (χ1v) is 3.69. The molecule has 1 nitrogen and oxygen atoms in total. The van der Waals surface area contributed by atoms with Gasteiger partial charge in [0.25, 0.3) is 0 Å². The number of hydrogen-bond donors (Lipinski definition) is 1. The highest BCUT2D eigenvalue weighted by Gasteiger charge is 1.81. The van der Waals surface area contributed by atoms with Crippen LogP contribution in [0, 0.1) is 6.92 Å². The van der Waals surface area contributed by atoms with Crippen LogP contribution in [-0.4, -0.2) is 0 Å². The maximum atomic E-state index is 3.69. The number of hydrogen-bond acceptors (Lipinski definition) is 1. The number of allylic oxidation sites excluding steroid dienone is 1. The molecule has 0 aliphatic rings. The minimum atomic E-state index is 0.819. The normalized spacial score (nSPS) is 10.3. The van der Waals surface area contributed by atoms with E-state index in [4.69, 9.17) is 0 Å². The lowest BCUT2D eigenvalue weighted by atomic mass is 10.3. The van der Waals surface area contributed by atoms with E-state index in [0.29, 0.717) is 0 Å². The van der Waals surface area contributed by atoms with Crippen molar-refractivity contribution >= 4 is 5.69 Å². The summed E-state index contributed by atoms with van der Waals surface area (Å²) >= 11 is 0. The molecule has 0 fully saturated rings. The smallest absolute Gasteiger partial charge is 0.0379 e. The van der Waals surface area contributed by atoms with Crippen molar-refractivity contribution in [3.8, 4) is 0 Å². The third-order valence-electron chi connectivity index (χ3n) is 1.31.